The molecule has 3 atom stereocenters. The molecule has 1 aliphatic heterocycles. The smallest absolute Gasteiger partial charge is 0.123 e. The fraction of sp³-hybridized carbons (Fsp3) is 0.538. The maximum absolute atomic E-state index is 13.2. The molecule has 0 bridgehead atoms. The standard InChI is InChI=1S/C13H18ClFN2O/c1-8-11(4-5-18-8)13(17-16)7-9-6-10(15)2-3-12(9)14/h2-3,6,8,11,13,17H,4-5,7,16H2,1H3. The molecule has 1 aliphatic rings. The molecule has 0 amide bonds. The third kappa shape index (κ3) is 3.01. The van der Waals surface area contributed by atoms with E-state index in [0.717, 1.165) is 18.6 Å². The Balaban J connectivity index is 2.12. The van der Waals surface area contributed by atoms with E-state index in [1.807, 2.05) is 6.92 Å². The highest BCUT2D eigenvalue weighted by Gasteiger charge is 2.31. The van der Waals surface area contributed by atoms with Crippen LogP contribution in [0, 0.1) is 11.7 Å². The van der Waals surface area contributed by atoms with E-state index in [4.69, 9.17) is 22.2 Å². The number of halogens is 2. The zero-order valence-corrected chi connectivity index (χ0v) is 11.1. The SMILES string of the molecule is CC1OCCC1C(Cc1cc(F)ccc1Cl)NN. The van der Waals surface area contributed by atoms with E-state index < -0.39 is 0 Å². The van der Waals surface area contributed by atoms with Gasteiger partial charge >= 0.3 is 0 Å². The minimum absolute atomic E-state index is 0.0433. The first-order chi connectivity index (χ1) is 8.61. The lowest BCUT2D eigenvalue weighted by Crippen LogP contribution is -2.44. The van der Waals surface area contributed by atoms with Gasteiger partial charge in [0.15, 0.2) is 0 Å². The molecule has 1 saturated heterocycles. The second-order valence-electron chi connectivity index (χ2n) is 4.74. The Morgan fingerprint density at radius 2 is 2.39 bits per heavy atom. The van der Waals surface area contributed by atoms with Gasteiger partial charge in [0, 0.05) is 23.6 Å². The lowest BCUT2D eigenvalue weighted by molar-refractivity contribution is 0.0954. The highest BCUT2D eigenvalue weighted by molar-refractivity contribution is 6.31. The molecule has 1 aromatic rings. The molecule has 3 N–H and O–H groups in total. The van der Waals surface area contributed by atoms with Crippen LogP contribution in [0.1, 0.15) is 18.9 Å². The fourth-order valence-electron chi connectivity index (χ4n) is 2.55. The minimum Gasteiger partial charge on any atom is -0.378 e. The highest BCUT2D eigenvalue weighted by Crippen LogP contribution is 2.27. The van der Waals surface area contributed by atoms with Crippen molar-refractivity contribution in [3.63, 3.8) is 0 Å². The molecule has 0 saturated carbocycles. The van der Waals surface area contributed by atoms with Crippen LogP contribution in [-0.2, 0) is 11.2 Å². The molecule has 0 spiro atoms. The summed E-state index contributed by atoms with van der Waals surface area (Å²) in [6.07, 6.45) is 1.73. The molecule has 2 rings (SSSR count). The average Bonchev–Trinajstić information content (AvgIpc) is 2.77. The van der Waals surface area contributed by atoms with Crippen LogP contribution in [0.15, 0.2) is 18.2 Å². The Labute approximate surface area is 111 Å². The van der Waals surface area contributed by atoms with E-state index in [1.165, 1.54) is 12.1 Å². The molecule has 5 heteroatoms. The number of nitrogens with one attached hydrogen (secondary N) is 1. The van der Waals surface area contributed by atoms with E-state index in [9.17, 15) is 4.39 Å². The Bertz CT molecular complexity index is 416. The molecule has 1 fully saturated rings. The highest BCUT2D eigenvalue weighted by atomic mass is 35.5. The van der Waals surface area contributed by atoms with Crippen molar-refractivity contribution in [3.8, 4) is 0 Å². The monoisotopic (exact) mass is 272 g/mol. The molecule has 0 aliphatic carbocycles. The summed E-state index contributed by atoms with van der Waals surface area (Å²) in [6, 6.07) is 4.45. The number of benzene rings is 1. The van der Waals surface area contributed by atoms with E-state index in [-0.39, 0.29) is 18.0 Å². The van der Waals surface area contributed by atoms with Crippen molar-refractivity contribution in [1.29, 1.82) is 0 Å². The maximum Gasteiger partial charge on any atom is 0.123 e. The summed E-state index contributed by atoms with van der Waals surface area (Å²) >= 11 is 6.07. The first-order valence-electron chi connectivity index (χ1n) is 6.13. The summed E-state index contributed by atoms with van der Waals surface area (Å²) in [5, 5.41) is 0.572. The van der Waals surface area contributed by atoms with Gasteiger partial charge in [-0.05, 0) is 43.5 Å². The van der Waals surface area contributed by atoms with E-state index in [1.54, 1.807) is 6.07 Å². The summed E-state index contributed by atoms with van der Waals surface area (Å²) in [6.45, 7) is 2.79. The van der Waals surface area contributed by atoms with Gasteiger partial charge in [0.25, 0.3) is 0 Å². The van der Waals surface area contributed by atoms with Crippen molar-refractivity contribution in [2.45, 2.75) is 31.9 Å². The van der Waals surface area contributed by atoms with Crippen LogP contribution in [0.3, 0.4) is 0 Å². The Morgan fingerprint density at radius 1 is 1.61 bits per heavy atom. The van der Waals surface area contributed by atoms with E-state index in [0.29, 0.717) is 17.4 Å². The van der Waals surface area contributed by atoms with Crippen LogP contribution in [0.4, 0.5) is 4.39 Å². The van der Waals surface area contributed by atoms with Crippen molar-refractivity contribution in [2.24, 2.45) is 11.8 Å². The predicted octanol–water partition coefficient (Wildman–Crippen LogP) is 2.28. The van der Waals surface area contributed by atoms with E-state index in [2.05, 4.69) is 5.43 Å². The number of hydrogen-bond acceptors (Lipinski definition) is 3. The third-order valence-corrected chi connectivity index (χ3v) is 3.98. The molecule has 100 valence electrons. The molecule has 3 nitrogen and oxygen atoms in total. The largest absolute Gasteiger partial charge is 0.378 e. The van der Waals surface area contributed by atoms with Gasteiger partial charge in [0.1, 0.15) is 5.82 Å². The van der Waals surface area contributed by atoms with Gasteiger partial charge in [0.2, 0.25) is 0 Å². The minimum atomic E-state index is -0.277. The van der Waals surface area contributed by atoms with Crippen molar-refractivity contribution < 1.29 is 9.13 Å². The summed E-state index contributed by atoms with van der Waals surface area (Å²) in [5.41, 5.74) is 3.59. The van der Waals surface area contributed by atoms with Gasteiger partial charge in [-0.1, -0.05) is 11.6 Å². The van der Waals surface area contributed by atoms with Crippen molar-refractivity contribution in [1.82, 2.24) is 5.43 Å². The second kappa shape index (κ2) is 5.97. The molecule has 0 aromatic heterocycles. The topological polar surface area (TPSA) is 47.3 Å². The Morgan fingerprint density at radius 3 is 3.00 bits per heavy atom. The first kappa shape index (κ1) is 13.7. The fourth-order valence-corrected chi connectivity index (χ4v) is 2.74. The molecule has 0 radical (unpaired) electrons. The summed E-state index contributed by atoms with van der Waals surface area (Å²) < 4.78 is 18.8. The molecule has 1 aromatic carbocycles. The number of nitrogens with two attached hydrogens (primary N) is 1. The summed E-state index contributed by atoms with van der Waals surface area (Å²) in [7, 11) is 0. The van der Waals surface area contributed by atoms with Crippen molar-refractivity contribution in [2.75, 3.05) is 6.61 Å². The zero-order chi connectivity index (χ0) is 13.1. The van der Waals surface area contributed by atoms with Gasteiger partial charge in [-0.2, -0.15) is 0 Å². The molecular weight excluding hydrogens is 255 g/mol. The van der Waals surface area contributed by atoms with Crippen molar-refractivity contribution >= 4 is 11.6 Å². The molecule has 1 heterocycles. The van der Waals surface area contributed by atoms with Crippen molar-refractivity contribution in [3.05, 3.63) is 34.6 Å². The summed E-state index contributed by atoms with van der Waals surface area (Å²) in [4.78, 5) is 0. The van der Waals surface area contributed by atoms with Gasteiger partial charge in [0.05, 0.1) is 6.10 Å². The van der Waals surface area contributed by atoms with Gasteiger partial charge in [-0.25, -0.2) is 4.39 Å². The molecular formula is C13H18ClFN2O. The normalized spacial score (nSPS) is 25.3. The summed E-state index contributed by atoms with van der Waals surface area (Å²) in [5.74, 6) is 5.66. The van der Waals surface area contributed by atoms with E-state index >= 15 is 0 Å². The number of ether oxygens (including phenoxy) is 1. The van der Waals surface area contributed by atoms with Crippen LogP contribution in [0.2, 0.25) is 5.02 Å². The quantitative estimate of drug-likeness (QED) is 0.653. The number of hydrogen-bond donors (Lipinski definition) is 2. The van der Waals surface area contributed by atoms with Crippen LogP contribution in [-0.4, -0.2) is 18.8 Å². The average molecular weight is 273 g/mol. The van der Waals surface area contributed by atoms with Crippen LogP contribution in [0.5, 0.6) is 0 Å². The maximum atomic E-state index is 13.2. The first-order valence-corrected chi connectivity index (χ1v) is 6.51. The second-order valence-corrected chi connectivity index (χ2v) is 5.15. The van der Waals surface area contributed by atoms with Gasteiger partial charge < -0.3 is 4.74 Å². The number of hydrazine groups is 1. The molecule has 18 heavy (non-hydrogen) atoms. The van der Waals surface area contributed by atoms with Gasteiger partial charge in [-0.3, -0.25) is 11.3 Å². The van der Waals surface area contributed by atoms with Gasteiger partial charge in [-0.15, -0.1) is 0 Å². The van der Waals surface area contributed by atoms with Crippen LogP contribution < -0.4 is 11.3 Å². The lowest BCUT2D eigenvalue weighted by atomic mass is 9.89. The third-order valence-electron chi connectivity index (χ3n) is 3.61. The predicted molar refractivity (Wildman–Crippen MR) is 69.7 cm³/mol. The van der Waals surface area contributed by atoms with Crippen LogP contribution in [0.25, 0.3) is 0 Å². The molecule has 3 unspecified atom stereocenters. The lowest BCUT2D eigenvalue weighted by Gasteiger charge is -2.25. The number of rotatable bonds is 4. The van der Waals surface area contributed by atoms with Crippen LogP contribution >= 0.6 is 11.6 Å². The zero-order valence-electron chi connectivity index (χ0n) is 10.3. The Kier molecular flexibility index (Phi) is 4.56. The Hall–Kier alpha value is -0.680.